The van der Waals surface area contributed by atoms with Crippen LogP contribution in [0.2, 0.25) is 0 Å². The van der Waals surface area contributed by atoms with Crippen LogP contribution in [0.1, 0.15) is 6.42 Å². The average molecular weight is 355 g/mol. The number of nitrogens with one attached hydrogen (secondary N) is 1. The molecule has 0 atom stereocenters. The number of amides is 2. The fourth-order valence-electron chi connectivity index (χ4n) is 2.55. The van der Waals surface area contributed by atoms with Gasteiger partial charge in [0, 0.05) is 12.2 Å². The molecule has 2 saturated heterocycles. The predicted molar refractivity (Wildman–Crippen MR) is 89.9 cm³/mol. The molecular weight excluding hydrogens is 338 g/mol. The van der Waals surface area contributed by atoms with Crippen molar-refractivity contribution in [3.05, 3.63) is 24.3 Å². The van der Waals surface area contributed by atoms with E-state index >= 15 is 0 Å². The summed E-state index contributed by atoms with van der Waals surface area (Å²) in [6, 6.07) is 6.69. The molecule has 2 aliphatic rings. The summed E-state index contributed by atoms with van der Waals surface area (Å²) >= 11 is 1.49. The molecule has 2 amide bonds. The highest BCUT2D eigenvalue weighted by atomic mass is 32.2. The molecule has 124 valence electrons. The molecule has 3 rings (SSSR count). The highest BCUT2D eigenvalue weighted by Crippen LogP contribution is 2.25. The summed E-state index contributed by atoms with van der Waals surface area (Å²) in [7, 11) is -3.20. The lowest BCUT2D eigenvalue weighted by Gasteiger charge is -2.17. The fourth-order valence-corrected chi connectivity index (χ4v) is 5.02. The minimum atomic E-state index is -3.20. The molecule has 2 fully saturated rings. The van der Waals surface area contributed by atoms with Crippen LogP contribution in [0, 0.1) is 0 Å². The molecule has 9 heteroatoms. The van der Waals surface area contributed by atoms with Gasteiger partial charge in [0.15, 0.2) is 0 Å². The Balaban J connectivity index is 1.61. The summed E-state index contributed by atoms with van der Waals surface area (Å²) in [5.74, 6) is 0.847. The van der Waals surface area contributed by atoms with E-state index in [0.29, 0.717) is 36.0 Å². The van der Waals surface area contributed by atoms with Gasteiger partial charge in [0.2, 0.25) is 21.8 Å². The van der Waals surface area contributed by atoms with E-state index in [1.165, 1.54) is 21.0 Å². The van der Waals surface area contributed by atoms with Crippen molar-refractivity contribution in [2.75, 3.05) is 40.1 Å². The number of rotatable bonds is 4. The zero-order valence-corrected chi connectivity index (χ0v) is 14.0. The number of sulfonamides is 1. The smallest absolute Gasteiger partial charge is 0.244 e. The van der Waals surface area contributed by atoms with Crippen LogP contribution in [-0.4, -0.2) is 55.6 Å². The van der Waals surface area contributed by atoms with Crippen molar-refractivity contribution < 1.29 is 18.0 Å². The Morgan fingerprint density at radius 3 is 2.57 bits per heavy atom. The summed E-state index contributed by atoms with van der Waals surface area (Å²) in [5, 5.41) is 2.72. The predicted octanol–water partition coefficient (Wildman–Crippen LogP) is 0.698. The lowest BCUT2D eigenvalue weighted by molar-refractivity contribution is -0.130. The van der Waals surface area contributed by atoms with Gasteiger partial charge in [-0.2, -0.15) is 0 Å². The van der Waals surface area contributed by atoms with Crippen molar-refractivity contribution in [1.29, 1.82) is 0 Å². The second kappa shape index (κ2) is 6.40. The first-order chi connectivity index (χ1) is 11.0. The zero-order valence-electron chi connectivity index (χ0n) is 12.4. The molecule has 0 aromatic heterocycles. The number of thioether (sulfide) groups is 1. The van der Waals surface area contributed by atoms with Crippen LogP contribution in [0.3, 0.4) is 0 Å². The number of anilines is 2. The number of benzene rings is 1. The van der Waals surface area contributed by atoms with Gasteiger partial charge in [0.1, 0.15) is 6.54 Å². The first-order valence-electron chi connectivity index (χ1n) is 7.21. The Hall–Kier alpha value is -1.74. The van der Waals surface area contributed by atoms with Crippen LogP contribution in [0.4, 0.5) is 11.4 Å². The molecule has 0 aliphatic carbocycles. The van der Waals surface area contributed by atoms with Gasteiger partial charge in [-0.05, 0) is 30.7 Å². The first kappa shape index (κ1) is 16.1. The molecule has 2 aliphatic heterocycles. The molecule has 1 N–H and O–H groups in total. The van der Waals surface area contributed by atoms with E-state index < -0.39 is 10.0 Å². The molecule has 7 nitrogen and oxygen atoms in total. The molecule has 23 heavy (non-hydrogen) atoms. The average Bonchev–Trinajstić information content (AvgIpc) is 3.05. The third-order valence-electron chi connectivity index (χ3n) is 3.70. The molecule has 0 bridgehead atoms. The van der Waals surface area contributed by atoms with Gasteiger partial charge >= 0.3 is 0 Å². The second-order valence-electron chi connectivity index (χ2n) is 5.41. The van der Waals surface area contributed by atoms with E-state index in [1.54, 1.807) is 24.3 Å². The van der Waals surface area contributed by atoms with Crippen LogP contribution in [0.15, 0.2) is 24.3 Å². The molecule has 0 saturated carbocycles. The molecule has 0 spiro atoms. The summed E-state index contributed by atoms with van der Waals surface area (Å²) in [4.78, 5) is 24.9. The summed E-state index contributed by atoms with van der Waals surface area (Å²) in [5.41, 5.74) is 1.18. The van der Waals surface area contributed by atoms with Crippen LogP contribution >= 0.6 is 11.8 Å². The standard InChI is InChI=1S/C14H17N3O4S2/c18-13(8-16-10-22-9-14(16)19)15-11-2-4-12(5-3-11)17-6-1-7-23(17,20)21/h2-5H,1,6-10H2,(H,15,18). The Morgan fingerprint density at radius 1 is 1.26 bits per heavy atom. The molecule has 1 aromatic rings. The van der Waals surface area contributed by atoms with Crippen molar-refractivity contribution in [2.24, 2.45) is 0 Å². The van der Waals surface area contributed by atoms with Crippen molar-refractivity contribution in [2.45, 2.75) is 6.42 Å². The van der Waals surface area contributed by atoms with Crippen LogP contribution < -0.4 is 9.62 Å². The Labute approximate surface area is 139 Å². The van der Waals surface area contributed by atoms with Gasteiger partial charge in [0.25, 0.3) is 0 Å². The van der Waals surface area contributed by atoms with E-state index in [4.69, 9.17) is 0 Å². The fraction of sp³-hybridized carbons (Fsp3) is 0.429. The lowest BCUT2D eigenvalue weighted by Crippen LogP contribution is -2.34. The number of carbonyl (C=O) groups excluding carboxylic acids is 2. The SMILES string of the molecule is O=C(CN1CSCC1=O)Nc1ccc(N2CCCS2(=O)=O)cc1. The number of carbonyl (C=O) groups is 2. The number of nitrogens with zero attached hydrogens (tertiary/aromatic N) is 2. The van der Waals surface area contributed by atoms with Gasteiger partial charge < -0.3 is 10.2 Å². The van der Waals surface area contributed by atoms with Gasteiger partial charge in [-0.15, -0.1) is 11.8 Å². The van der Waals surface area contributed by atoms with Crippen LogP contribution in [0.5, 0.6) is 0 Å². The minimum absolute atomic E-state index is 0.0280. The number of hydrogen-bond acceptors (Lipinski definition) is 5. The lowest BCUT2D eigenvalue weighted by atomic mass is 10.2. The second-order valence-corrected chi connectivity index (χ2v) is 8.37. The highest BCUT2D eigenvalue weighted by molar-refractivity contribution is 8.00. The monoisotopic (exact) mass is 355 g/mol. The maximum Gasteiger partial charge on any atom is 0.244 e. The van der Waals surface area contributed by atoms with Gasteiger partial charge in [-0.25, -0.2) is 8.42 Å². The summed E-state index contributed by atoms with van der Waals surface area (Å²) < 4.78 is 25.1. The third kappa shape index (κ3) is 3.61. The largest absolute Gasteiger partial charge is 0.325 e. The molecular formula is C14H17N3O4S2. The maximum absolute atomic E-state index is 11.9. The van der Waals surface area contributed by atoms with E-state index in [9.17, 15) is 18.0 Å². The van der Waals surface area contributed by atoms with E-state index in [0.717, 1.165) is 0 Å². The molecule has 1 aromatic carbocycles. The van der Waals surface area contributed by atoms with E-state index in [2.05, 4.69) is 5.32 Å². The van der Waals surface area contributed by atoms with E-state index in [-0.39, 0.29) is 24.1 Å². The van der Waals surface area contributed by atoms with E-state index in [1.807, 2.05) is 0 Å². The van der Waals surface area contributed by atoms with Gasteiger partial charge in [0.05, 0.1) is 23.1 Å². The first-order valence-corrected chi connectivity index (χ1v) is 9.98. The molecule has 0 unspecified atom stereocenters. The van der Waals surface area contributed by atoms with Crippen molar-refractivity contribution in [3.8, 4) is 0 Å². The minimum Gasteiger partial charge on any atom is -0.325 e. The zero-order chi connectivity index (χ0) is 16.4. The summed E-state index contributed by atoms with van der Waals surface area (Å²) in [6.45, 7) is 0.525. The Bertz CT molecular complexity index is 718. The molecule has 2 heterocycles. The van der Waals surface area contributed by atoms with Crippen LogP contribution in [-0.2, 0) is 19.6 Å². The third-order valence-corrected chi connectivity index (χ3v) is 6.51. The van der Waals surface area contributed by atoms with Gasteiger partial charge in [-0.1, -0.05) is 0 Å². The Morgan fingerprint density at radius 2 is 2.00 bits per heavy atom. The number of hydrogen-bond donors (Lipinski definition) is 1. The normalized spacial score (nSPS) is 20.1. The highest BCUT2D eigenvalue weighted by Gasteiger charge is 2.28. The summed E-state index contributed by atoms with van der Waals surface area (Å²) in [6.07, 6.45) is 0.628. The Kier molecular flexibility index (Phi) is 4.49. The maximum atomic E-state index is 11.9. The van der Waals surface area contributed by atoms with Crippen molar-refractivity contribution >= 4 is 45.0 Å². The quantitative estimate of drug-likeness (QED) is 0.859. The van der Waals surface area contributed by atoms with Gasteiger partial charge in [-0.3, -0.25) is 13.9 Å². The van der Waals surface area contributed by atoms with Crippen LogP contribution in [0.25, 0.3) is 0 Å². The molecule has 0 radical (unpaired) electrons. The van der Waals surface area contributed by atoms with Crippen molar-refractivity contribution in [1.82, 2.24) is 4.90 Å². The van der Waals surface area contributed by atoms with Crippen molar-refractivity contribution in [3.63, 3.8) is 0 Å². The topological polar surface area (TPSA) is 86.8 Å².